The van der Waals surface area contributed by atoms with E-state index in [1.165, 1.54) is 31.2 Å². The van der Waals surface area contributed by atoms with Gasteiger partial charge in [0.05, 0.1) is 5.60 Å². The monoisotopic (exact) mass is 326 g/mol. The Kier molecular flexibility index (Phi) is 4.02. The van der Waals surface area contributed by atoms with Crippen molar-refractivity contribution >= 4 is 15.9 Å². The zero-order chi connectivity index (χ0) is 14.0. The molecule has 0 spiro atoms. The predicted molar refractivity (Wildman–Crippen MR) is 73.8 cm³/mol. The zero-order valence-corrected chi connectivity index (χ0v) is 11.9. The smallest absolute Gasteiger partial charge is 0.129 e. The van der Waals surface area contributed by atoms with Gasteiger partial charge >= 0.3 is 0 Å². The fourth-order valence-electron chi connectivity index (χ4n) is 2.05. The Labute approximate surface area is 119 Å². The van der Waals surface area contributed by atoms with Crippen molar-refractivity contribution in [3.8, 4) is 0 Å². The Morgan fingerprint density at radius 1 is 1.16 bits per heavy atom. The first-order valence-electron chi connectivity index (χ1n) is 5.81. The van der Waals surface area contributed by atoms with Gasteiger partial charge in [-0.05, 0) is 42.8 Å². The molecule has 1 unspecified atom stereocenters. The van der Waals surface area contributed by atoms with Crippen molar-refractivity contribution < 1.29 is 13.9 Å². The first-order chi connectivity index (χ1) is 8.88. The van der Waals surface area contributed by atoms with Gasteiger partial charge < -0.3 is 5.11 Å². The molecular formula is C15H13BrF2O. The topological polar surface area (TPSA) is 20.2 Å². The van der Waals surface area contributed by atoms with Gasteiger partial charge in [-0.2, -0.15) is 0 Å². The molecule has 2 aromatic carbocycles. The molecule has 0 radical (unpaired) electrons. The third-order valence-corrected chi connectivity index (χ3v) is 3.44. The van der Waals surface area contributed by atoms with Gasteiger partial charge in [-0.3, -0.25) is 0 Å². The fraction of sp³-hybridized carbons (Fsp3) is 0.200. The van der Waals surface area contributed by atoms with E-state index in [4.69, 9.17) is 0 Å². The maximum absolute atomic E-state index is 13.8. The SMILES string of the molecule is CC(O)(Cc1cccc(F)c1)c1cc(Br)ccc1F. The second kappa shape index (κ2) is 5.39. The standard InChI is InChI=1S/C15H13BrF2O/c1-15(19,9-10-3-2-4-12(17)7-10)13-8-11(16)5-6-14(13)18/h2-8,19H,9H2,1H3. The largest absolute Gasteiger partial charge is 0.385 e. The third kappa shape index (κ3) is 3.39. The molecule has 1 nitrogen and oxygen atoms in total. The van der Waals surface area contributed by atoms with Crippen molar-refractivity contribution in [1.82, 2.24) is 0 Å². The highest BCUT2D eigenvalue weighted by atomic mass is 79.9. The van der Waals surface area contributed by atoms with Gasteiger partial charge in [0, 0.05) is 16.5 Å². The quantitative estimate of drug-likeness (QED) is 0.897. The first kappa shape index (κ1) is 14.2. The lowest BCUT2D eigenvalue weighted by Gasteiger charge is -2.24. The number of hydrogen-bond acceptors (Lipinski definition) is 1. The van der Waals surface area contributed by atoms with Crippen molar-refractivity contribution in [1.29, 1.82) is 0 Å². The summed E-state index contributed by atoms with van der Waals surface area (Å²) < 4.78 is 27.6. The molecule has 0 saturated heterocycles. The van der Waals surface area contributed by atoms with Crippen LogP contribution in [-0.4, -0.2) is 5.11 Å². The molecule has 0 aliphatic carbocycles. The van der Waals surface area contributed by atoms with E-state index in [0.29, 0.717) is 10.0 Å². The lowest BCUT2D eigenvalue weighted by atomic mass is 9.89. The van der Waals surface area contributed by atoms with Crippen molar-refractivity contribution in [2.24, 2.45) is 0 Å². The van der Waals surface area contributed by atoms with Crippen LogP contribution in [0, 0.1) is 11.6 Å². The number of halogens is 3. The van der Waals surface area contributed by atoms with E-state index in [0.717, 1.165) is 0 Å². The average Bonchev–Trinajstić information content (AvgIpc) is 2.31. The molecule has 4 heteroatoms. The fourth-order valence-corrected chi connectivity index (χ4v) is 2.41. The number of hydrogen-bond donors (Lipinski definition) is 1. The summed E-state index contributed by atoms with van der Waals surface area (Å²) in [7, 11) is 0. The normalized spacial score (nSPS) is 14.2. The summed E-state index contributed by atoms with van der Waals surface area (Å²) in [5.74, 6) is -0.854. The minimum Gasteiger partial charge on any atom is -0.385 e. The van der Waals surface area contributed by atoms with E-state index in [2.05, 4.69) is 15.9 Å². The molecule has 0 amide bonds. The Morgan fingerprint density at radius 2 is 1.89 bits per heavy atom. The van der Waals surface area contributed by atoms with Crippen LogP contribution in [0.15, 0.2) is 46.9 Å². The molecule has 2 rings (SSSR count). The lowest BCUT2D eigenvalue weighted by Crippen LogP contribution is -2.25. The van der Waals surface area contributed by atoms with Gasteiger partial charge in [-0.15, -0.1) is 0 Å². The van der Waals surface area contributed by atoms with Crippen molar-refractivity contribution in [3.05, 3.63) is 69.7 Å². The number of aliphatic hydroxyl groups is 1. The molecule has 2 aromatic rings. The minimum absolute atomic E-state index is 0.137. The summed E-state index contributed by atoms with van der Waals surface area (Å²) in [4.78, 5) is 0. The van der Waals surface area contributed by atoms with Crippen LogP contribution in [0.5, 0.6) is 0 Å². The predicted octanol–water partition coefficient (Wildman–Crippen LogP) is 4.18. The molecule has 100 valence electrons. The maximum atomic E-state index is 13.8. The summed E-state index contributed by atoms with van der Waals surface area (Å²) in [6.45, 7) is 1.52. The van der Waals surface area contributed by atoms with E-state index in [1.807, 2.05) is 0 Å². The van der Waals surface area contributed by atoms with E-state index < -0.39 is 11.4 Å². The Morgan fingerprint density at radius 3 is 2.58 bits per heavy atom. The number of rotatable bonds is 3. The Balaban J connectivity index is 2.34. The van der Waals surface area contributed by atoms with E-state index >= 15 is 0 Å². The van der Waals surface area contributed by atoms with Crippen LogP contribution in [-0.2, 0) is 12.0 Å². The van der Waals surface area contributed by atoms with Crippen molar-refractivity contribution in [3.63, 3.8) is 0 Å². The minimum atomic E-state index is -1.40. The molecule has 0 aromatic heterocycles. The zero-order valence-electron chi connectivity index (χ0n) is 10.3. The van der Waals surface area contributed by atoms with Gasteiger partial charge in [-0.1, -0.05) is 28.1 Å². The van der Waals surface area contributed by atoms with E-state index in [1.54, 1.807) is 18.2 Å². The van der Waals surface area contributed by atoms with E-state index in [-0.39, 0.29) is 17.8 Å². The third-order valence-electron chi connectivity index (χ3n) is 2.95. The van der Waals surface area contributed by atoms with Crippen LogP contribution in [0.3, 0.4) is 0 Å². The van der Waals surface area contributed by atoms with E-state index in [9.17, 15) is 13.9 Å². The number of benzene rings is 2. The highest BCUT2D eigenvalue weighted by molar-refractivity contribution is 9.10. The molecule has 0 fully saturated rings. The highest BCUT2D eigenvalue weighted by Crippen LogP contribution is 2.29. The van der Waals surface area contributed by atoms with Gasteiger partial charge in [-0.25, -0.2) is 8.78 Å². The van der Waals surface area contributed by atoms with Gasteiger partial charge in [0.25, 0.3) is 0 Å². The van der Waals surface area contributed by atoms with Gasteiger partial charge in [0.2, 0.25) is 0 Å². The molecule has 1 N–H and O–H groups in total. The summed E-state index contributed by atoms with van der Waals surface area (Å²) in [6.07, 6.45) is 0.137. The molecule has 0 bridgehead atoms. The molecule has 0 saturated carbocycles. The summed E-state index contributed by atoms with van der Waals surface area (Å²) in [6, 6.07) is 10.3. The molecule has 19 heavy (non-hydrogen) atoms. The second-order valence-electron chi connectivity index (χ2n) is 4.70. The van der Waals surface area contributed by atoms with Crippen LogP contribution in [0.25, 0.3) is 0 Å². The summed E-state index contributed by atoms with van der Waals surface area (Å²) >= 11 is 3.25. The maximum Gasteiger partial charge on any atom is 0.129 e. The molecule has 1 atom stereocenters. The lowest BCUT2D eigenvalue weighted by molar-refractivity contribution is 0.0537. The average molecular weight is 327 g/mol. The van der Waals surface area contributed by atoms with Crippen LogP contribution in [0.2, 0.25) is 0 Å². The summed E-state index contributed by atoms with van der Waals surface area (Å²) in [5.41, 5.74) is -0.600. The van der Waals surface area contributed by atoms with Crippen LogP contribution in [0.4, 0.5) is 8.78 Å². The van der Waals surface area contributed by atoms with Crippen molar-refractivity contribution in [2.75, 3.05) is 0 Å². The van der Waals surface area contributed by atoms with Crippen molar-refractivity contribution in [2.45, 2.75) is 18.9 Å². The first-order valence-corrected chi connectivity index (χ1v) is 6.60. The van der Waals surface area contributed by atoms with Crippen LogP contribution >= 0.6 is 15.9 Å². The molecule has 0 aliphatic heterocycles. The Bertz CT molecular complexity index is 596. The Hall–Kier alpha value is -1.26. The van der Waals surface area contributed by atoms with Gasteiger partial charge in [0.1, 0.15) is 11.6 Å². The second-order valence-corrected chi connectivity index (χ2v) is 5.62. The highest BCUT2D eigenvalue weighted by Gasteiger charge is 2.27. The molecule has 0 aliphatic rings. The molecule has 0 heterocycles. The van der Waals surface area contributed by atoms with Crippen LogP contribution in [0.1, 0.15) is 18.1 Å². The molecular weight excluding hydrogens is 314 g/mol. The van der Waals surface area contributed by atoms with Crippen LogP contribution < -0.4 is 0 Å². The summed E-state index contributed by atoms with van der Waals surface area (Å²) in [5, 5.41) is 10.5. The van der Waals surface area contributed by atoms with Gasteiger partial charge in [0.15, 0.2) is 0 Å².